The molecule has 0 atom stereocenters. The van der Waals surface area contributed by atoms with Crippen LogP contribution in [0.15, 0.2) is 23.1 Å². The average molecular weight is 417 g/mol. The first-order chi connectivity index (χ1) is 12.8. The smallest absolute Gasteiger partial charge is 0.243 e. The molecule has 8 heteroatoms. The van der Waals surface area contributed by atoms with Gasteiger partial charge in [-0.3, -0.25) is 4.79 Å². The van der Waals surface area contributed by atoms with Crippen molar-refractivity contribution in [2.75, 3.05) is 26.2 Å². The van der Waals surface area contributed by atoms with Gasteiger partial charge in [0.2, 0.25) is 15.9 Å². The maximum atomic E-state index is 13.3. The Labute approximate surface area is 165 Å². The molecule has 1 aliphatic heterocycles. The molecule has 0 spiro atoms. The normalized spacial score (nSPS) is 19.2. The Morgan fingerprint density at radius 3 is 2.48 bits per heavy atom. The zero-order valence-corrected chi connectivity index (χ0v) is 17.1. The molecule has 1 saturated heterocycles. The van der Waals surface area contributed by atoms with E-state index in [4.69, 9.17) is 11.6 Å². The van der Waals surface area contributed by atoms with Gasteiger partial charge >= 0.3 is 0 Å². The zero-order chi connectivity index (χ0) is 19.6. The number of sulfonamides is 1. The molecule has 1 saturated carbocycles. The van der Waals surface area contributed by atoms with Gasteiger partial charge in [0.1, 0.15) is 5.82 Å². The lowest BCUT2D eigenvalue weighted by Crippen LogP contribution is -2.45. The molecule has 1 aromatic carbocycles. The molecule has 0 bridgehead atoms. The summed E-state index contributed by atoms with van der Waals surface area (Å²) in [4.78, 5) is 14.8. The van der Waals surface area contributed by atoms with Crippen molar-refractivity contribution in [3.63, 3.8) is 0 Å². The number of benzene rings is 1. The molecule has 1 aromatic rings. The highest BCUT2D eigenvalue weighted by Gasteiger charge is 2.35. The van der Waals surface area contributed by atoms with Crippen LogP contribution in [0.4, 0.5) is 4.39 Å². The summed E-state index contributed by atoms with van der Waals surface area (Å²) in [6.07, 6.45) is 4.35. The predicted octanol–water partition coefficient (Wildman–Crippen LogP) is 3.53. The Kier molecular flexibility index (Phi) is 6.43. The molecule has 1 aliphatic carbocycles. The van der Waals surface area contributed by atoms with Crippen LogP contribution in [0.2, 0.25) is 5.02 Å². The van der Waals surface area contributed by atoms with E-state index in [9.17, 15) is 17.6 Å². The van der Waals surface area contributed by atoms with Crippen LogP contribution in [0.3, 0.4) is 0 Å². The minimum Gasteiger partial charge on any atom is -0.342 e. The molecule has 5 nitrogen and oxygen atoms in total. The van der Waals surface area contributed by atoms with Crippen molar-refractivity contribution >= 4 is 27.5 Å². The number of halogens is 2. The molecule has 2 aliphatic rings. The van der Waals surface area contributed by atoms with Crippen LogP contribution in [0.1, 0.15) is 39.0 Å². The van der Waals surface area contributed by atoms with E-state index >= 15 is 0 Å². The summed E-state index contributed by atoms with van der Waals surface area (Å²) >= 11 is 5.73. The van der Waals surface area contributed by atoms with Gasteiger partial charge in [0.05, 0.1) is 9.92 Å². The Balaban J connectivity index is 1.63. The molecule has 0 unspecified atom stereocenters. The van der Waals surface area contributed by atoms with Gasteiger partial charge in [0, 0.05) is 32.1 Å². The Hall–Kier alpha value is -1.18. The van der Waals surface area contributed by atoms with E-state index in [1.54, 1.807) is 0 Å². The molecule has 150 valence electrons. The molecule has 0 radical (unpaired) electrons. The Bertz CT molecular complexity index is 790. The molecule has 1 heterocycles. The summed E-state index contributed by atoms with van der Waals surface area (Å²) < 4.78 is 40.2. The van der Waals surface area contributed by atoms with E-state index < -0.39 is 15.8 Å². The zero-order valence-electron chi connectivity index (χ0n) is 15.5. The first kappa shape index (κ1) is 20.6. The Morgan fingerprint density at radius 2 is 1.93 bits per heavy atom. The number of rotatable bonds is 7. The quantitative estimate of drug-likeness (QED) is 0.683. The van der Waals surface area contributed by atoms with Crippen LogP contribution in [0.5, 0.6) is 0 Å². The third-order valence-electron chi connectivity index (χ3n) is 5.31. The third-order valence-corrected chi connectivity index (χ3v) is 7.50. The number of carbonyl (C=O) groups excluding carboxylic acids is 1. The van der Waals surface area contributed by atoms with Gasteiger partial charge in [-0.1, -0.05) is 18.5 Å². The van der Waals surface area contributed by atoms with Gasteiger partial charge in [-0.05, 0) is 56.2 Å². The van der Waals surface area contributed by atoms with Crippen LogP contribution in [-0.4, -0.2) is 49.7 Å². The molecule has 0 aromatic heterocycles. The Morgan fingerprint density at radius 1 is 1.26 bits per heavy atom. The van der Waals surface area contributed by atoms with Crippen molar-refractivity contribution in [3.8, 4) is 0 Å². The fourth-order valence-electron chi connectivity index (χ4n) is 3.56. The largest absolute Gasteiger partial charge is 0.342 e. The summed E-state index contributed by atoms with van der Waals surface area (Å²) in [5, 5.41) is -0.212. The van der Waals surface area contributed by atoms with Crippen LogP contribution < -0.4 is 0 Å². The minimum absolute atomic E-state index is 0.0139. The van der Waals surface area contributed by atoms with E-state index in [1.165, 1.54) is 23.2 Å². The van der Waals surface area contributed by atoms with E-state index in [1.807, 2.05) is 4.90 Å². The molecule has 27 heavy (non-hydrogen) atoms. The van der Waals surface area contributed by atoms with Crippen LogP contribution in [0.25, 0.3) is 0 Å². The van der Waals surface area contributed by atoms with E-state index in [-0.39, 0.29) is 34.8 Å². The number of amides is 1. The lowest BCUT2D eigenvalue weighted by atomic mass is 9.96. The van der Waals surface area contributed by atoms with Crippen molar-refractivity contribution in [2.24, 2.45) is 11.8 Å². The topological polar surface area (TPSA) is 57.7 Å². The van der Waals surface area contributed by atoms with Crippen LogP contribution >= 0.6 is 11.6 Å². The maximum Gasteiger partial charge on any atom is 0.243 e. The molecular weight excluding hydrogens is 391 g/mol. The fraction of sp³-hybridized carbons (Fsp3) is 0.632. The van der Waals surface area contributed by atoms with Crippen molar-refractivity contribution < 1.29 is 17.6 Å². The summed E-state index contributed by atoms with van der Waals surface area (Å²) in [5.74, 6) is 0.0278. The van der Waals surface area contributed by atoms with Gasteiger partial charge < -0.3 is 4.90 Å². The highest BCUT2D eigenvalue weighted by atomic mass is 35.5. The number of hydrogen-bond acceptors (Lipinski definition) is 3. The predicted molar refractivity (Wildman–Crippen MR) is 102 cm³/mol. The van der Waals surface area contributed by atoms with E-state index in [0.717, 1.165) is 31.6 Å². The molecule has 2 fully saturated rings. The average Bonchev–Trinajstić information content (AvgIpc) is 3.47. The second-order valence-corrected chi connectivity index (χ2v) is 9.83. The number of carbonyl (C=O) groups is 1. The molecule has 1 amide bonds. The lowest BCUT2D eigenvalue weighted by Gasteiger charge is -2.33. The molecule has 3 rings (SSSR count). The van der Waals surface area contributed by atoms with Crippen LogP contribution in [-0.2, 0) is 14.8 Å². The first-order valence-electron chi connectivity index (χ1n) is 9.57. The van der Waals surface area contributed by atoms with Gasteiger partial charge in [-0.25, -0.2) is 12.8 Å². The number of nitrogens with zero attached hydrogens (tertiary/aromatic N) is 2. The van der Waals surface area contributed by atoms with Gasteiger partial charge in [0.25, 0.3) is 0 Å². The summed E-state index contributed by atoms with van der Waals surface area (Å²) in [7, 11) is -3.73. The molecule has 0 N–H and O–H groups in total. The highest BCUT2D eigenvalue weighted by molar-refractivity contribution is 7.89. The second-order valence-electron chi connectivity index (χ2n) is 7.48. The second kappa shape index (κ2) is 8.45. The summed E-state index contributed by atoms with van der Waals surface area (Å²) in [6.45, 7) is 4.24. The van der Waals surface area contributed by atoms with Gasteiger partial charge in [-0.15, -0.1) is 0 Å². The van der Waals surface area contributed by atoms with Crippen molar-refractivity contribution in [2.45, 2.75) is 43.9 Å². The number of hydrogen-bond donors (Lipinski definition) is 0. The summed E-state index contributed by atoms with van der Waals surface area (Å²) in [5.41, 5.74) is 0. The van der Waals surface area contributed by atoms with Gasteiger partial charge in [0.15, 0.2) is 0 Å². The standard InChI is InChI=1S/C19H26ClFN2O3S/c1-2-9-22(13-14-3-4-14)19(24)15-7-10-23(11-8-15)27(25,26)16-5-6-18(21)17(20)12-16/h5-6,12,14-15H,2-4,7-11,13H2,1H3. The van der Waals surface area contributed by atoms with Crippen molar-refractivity contribution in [1.82, 2.24) is 9.21 Å². The van der Waals surface area contributed by atoms with E-state index in [2.05, 4.69) is 6.92 Å². The first-order valence-corrected chi connectivity index (χ1v) is 11.4. The van der Waals surface area contributed by atoms with Crippen molar-refractivity contribution in [3.05, 3.63) is 29.0 Å². The highest BCUT2D eigenvalue weighted by Crippen LogP contribution is 2.32. The minimum atomic E-state index is -3.73. The maximum absolute atomic E-state index is 13.3. The molecular formula is C19H26ClFN2O3S. The lowest BCUT2D eigenvalue weighted by molar-refractivity contribution is -0.137. The summed E-state index contributed by atoms with van der Waals surface area (Å²) in [6, 6.07) is 3.43. The van der Waals surface area contributed by atoms with E-state index in [0.29, 0.717) is 18.8 Å². The SMILES string of the molecule is CCCN(CC1CC1)C(=O)C1CCN(S(=O)(=O)c2ccc(F)c(Cl)c2)CC1. The number of piperidine rings is 1. The van der Waals surface area contributed by atoms with Crippen molar-refractivity contribution in [1.29, 1.82) is 0 Å². The van der Waals surface area contributed by atoms with Crippen LogP contribution in [0, 0.1) is 17.7 Å². The monoisotopic (exact) mass is 416 g/mol. The fourth-order valence-corrected chi connectivity index (χ4v) is 5.30. The third kappa shape index (κ3) is 4.81. The van der Waals surface area contributed by atoms with Gasteiger partial charge in [-0.2, -0.15) is 4.31 Å².